The minimum absolute atomic E-state index is 0.0364. The molecule has 6 rings (SSSR count). The fourth-order valence-electron chi connectivity index (χ4n) is 10.1. The van der Waals surface area contributed by atoms with Gasteiger partial charge in [-0.3, -0.25) is 0 Å². The summed E-state index contributed by atoms with van der Waals surface area (Å²) in [4.78, 5) is 24.9. The molecule has 0 amide bonds. The number of hydrogen-bond acceptors (Lipinski definition) is 12. The van der Waals surface area contributed by atoms with Gasteiger partial charge in [-0.05, 0) is 62.9 Å². The van der Waals surface area contributed by atoms with E-state index in [1.54, 1.807) is 6.92 Å². The molecule has 236 valence electrons. The number of hydrogen-bond donors (Lipinski definition) is 6. The minimum Gasteiger partial charge on any atom is -0.458 e. The van der Waals surface area contributed by atoms with Gasteiger partial charge in [0.15, 0.2) is 6.29 Å². The highest BCUT2D eigenvalue weighted by atomic mass is 16.7. The maximum Gasteiger partial charge on any atom is 0.331 e. The van der Waals surface area contributed by atoms with Crippen molar-refractivity contribution >= 4 is 12.3 Å². The van der Waals surface area contributed by atoms with E-state index >= 15 is 0 Å². The second-order valence-electron chi connectivity index (χ2n) is 13.9. The average molecular weight is 597 g/mol. The number of carbonyl (C=O) groups is 2. The van der Waals surface area contributed by atoms with E-state index in [1.165, 1.54) is 13.2 Å². The number of aliphatic hydroxyl groups is 6. The summed E-state index contributed by atoms with van der Waals surface area (Å²) in [7, 11) is 1.36. The van der Waals surface area contributed by atoms with E-state index in [0.29, 0.717) is 19.1 Å². The van der Waals surface area contributed by atoms with E-state index in [1.807, 2.05) is 6.92 Å². The first-order chi connectivity index (χ1) is 19.8. The molecule has 0 aromatic rings. The Labute approximate surface area is 244 Å². The lowest BCUT2D eigenvalue weighted by molar-refractivity contribution is -0.331. The van der Waals surface area contributed by atoms with Crippen LogP contribution < -0.4 is 0 Å². The number of rotatable bonds is 5. The predicted molar refractivity (Wildman–Crippen MR) is 142 cm³/mol. The summed E-state index contributed by atoms with van der Waals surface area (Å²) in [6, 6.07) is 0. The van der Waals surface area contributed by atoms with Gasteiger partial charge >= 0.3 is 5.97 Å². The Morgan fingerprint density at radius 2 is 1.79 bits per heavy atom. The van der Waals surface area contributed by atoms with Crippen molar-refractivity contribution in [1.29, 1.82) is 0 Å². The third kappa shape index (κ3) is 3.99. The molecule has 4 saturated carbocycles. The Morgan fingerprint density at radius 1 is 1.05 bits per heavy atom. The van der Waals surface area contributed by atoms with Crippen molar-refractivity contribution in [2.45, 2.75) is 119 Å². The predicted octanol–water partition coefficient (Wildman–Crippen LogP) is -0.654. The molecule has 5 fully saturated rings. The summed E-state index contributed by atoms with van der Waals surface area (Å²) in [5, 5.41) is 69.0. The summed E-state index contributed by atoms with van der Waals surface area (Å²) < 4.78 is 22.2. The molecule has 0 spiro atoms. The maximum atomic E-state index is 13.1. The Balaban J connectivity index is 1.28. The van der Waals surface area contributed by atoms with Gasteiger partial charge in [-0.2, -0.15) is 0 Å². The molecular weight excluding hydrogens is 552 g/mol. The van der Waals surface area contributed by atoms with Gasteiger partial charge in [0.25, 0.3) is 0 Å². The van der Waals surface area contributed by atoms with E-state index in [9.17, 15) is 40.2 Å². The lowest BCUT2D eigenvalue weighted by atomic mass is 9.40. The van der Waals surface area contributed by atoms with Crippen molar-refractivity contribution in [1.82, 2.24) is 0 Å². The number of aliphatic hydroxyl groups excluding tert-OH is 4. The second-order valence-corrected chi connectivity index (χ2v) is 13.9. The van der Waals surface area contributed by atoms with Gasteiger partial charge in [0.1, 0.15) is 36.8 Å². The molecule has 0 aromatic carbocycles. The molecule has 12 nitrogen and oxygen atoms in total. The van der Waals surface area contributed by atoms with Crippen molar-refractivity contribution in [3.63, 3.8) is 0 Å². The molecule has 42 heavy (non-hydrogen) atoms. The molecule has 6 N–H and O–H groups in total. The first kappa shape index (κ1) is 30.5. The molecule has 2 aliphatic heterocycles. The van der Waals surface area contributed by atoms with Gasteiger partial charge in [-0.15, -0.1) is 0 Å². The van der Waals surface area contributed by atoms with E-state index in [0.717, 1.165) is 5.57 Å². The lowest BCUT2D eigenvalue weighted by Crippen LogP contribution is -2.75. The van der Waals surface area contributed by atoms with E-state index in [-0.39, 0.29) is 44.6 Å². The minimum atomic E-state index is -1.97. The van der Waals surface area contributed by atoms with Crippen molar-refractivity contribution < 1.29 is 59.2 Å². The Bertz CT molecular complexity index is 1130. The largest absolute Gasteiger partial charge is 0.458 e. The fraction of sp³-hybridized carbons (Fsp3) is 0.867. The van der Waals surface area contributed by atoms with Crippen LogP contribution in [0.4, 0.5) is 0 Å². The molecule has 0 bridgehead atoms. The summed E-state index contributed by atoms with van der Waals surface area (Å²) >= 11 is 0. The second kappa shape index (κ2) is 10.3. The van der Waals surface area contributed by atoms with Crippen LogP contribution in [-0.2, 0) is 28.5 Å². The molecule has 0 radical (unpaired) electrons. The smallest absolute Gasteiger partial charge is 0.331 e. The molecular formula is C30H44O12. The lowest BCUT2D eigenvalue weighted by Gasteiger charge is -2.67. The van der Waals surface area contributed by atoms with E-state index in [4.69, 9.17) is 18.9 Å². The van der Waals surface area contributed by atoms with Crippen LogP contribution in [0.1, 0.15) is 58.8 Å². The number of fused-ring (bicyclic) bond motifs is 5. The summed E-state index contributed by atoms with van der Waals surface area (Å²) in [6.45, 7) is 3.67. The molecule has 4 aliphatic carbocycles. The molecule has 9 unspecified atom stereocenters. The Hall–Kier alpha value is -1.48. The molecule has 12 heteroatoms. The van der Waals surface area contributed by atoms with Crippen molar-refractivity contribution in [3.8, 4) is 0 Å². The summed E-state index contributed by atoms with van der Waals surface area (Å²) in [5.74, 6) is -2.13. The first-order valence-corrected chi connectivity index (χ1v) is 15.1. The van der Waals surface area contributed by atoms with Crippen LogP contribution in [0, 0.1) is 28.6 Å². The van der Waals surface area contributed by atoms with Crippen molar-refractivity contribution in [2.75, 3.05) is 13.7 Å². The van der Waals surface area contributed by atoms with Gasteiger partial charge < -0.3 is 54.4 Å². The van der Waals surface area contributed by atoms with Gasteiger partial charge in [-0.25, -0.2) is 4.79 Å². The molecule has 2 heterocycles. The van der Waals surface area contributed by atoms with Crippen LogP contribution in [-0.4, -0.2) is 117 Å². The van der Waals surface area contributed by atoms with Gasteiger partial charge in [-0.1, -0.05) is 6.92 Å². The van der Waals surface area contributed by atoms with Crippen LogP contribution in [0.5, 0.6) is 0 Å². The fourth-order valence-corrected chi connectivity index (χ4v) is 10.1. The topological polar surface area (TPSA) is 192 Å². The summed E-state index contributed by atoms with van der Waals surface area (Å²) in [6.07, 6.45) is -5.05. The first-order valence-electron chi connectivity index (χ1n) is 15.1. The van der Waals surface area contributed by atoms with Crippen LogP contribution in [0.2, 0.25) is 0 Å². The van der Waals surface area contributed by atoms with Gasteiger partial charge in [0.2, 0.25) is 0 Å². The zero-order chi connectivity index (χ0) is 30.4. The number of methoxy groups -OCH3 is 1. The number of carbonyl (C=O) groups excluding carboxylic acids is 2. The third-order valence-corrected chi connectivity index (χ3v) is 12.2. The van der Waals surface area contributed by atoms with Crippen molar-refractivity contribution in [3.05, 3.63) is 11.6 Å². The standard InChI is InChI=1S/C30H44O12/c1-14-23(35)25(39-3)24(36)26(41-14)42-16-4-6-28(13-31)22-18(9-20(33)30(28,38)10-16)29(37)7-5-17(15-8-21(34)40-12-15)27(29,2)11-19(22)32/h8,13-14,16-20,22-26,32-33,35-38H,4-7,9-12H2,1-3H3/t14?,16-,17?,18?,19+,20+,22?,23?,24?,25?,26?,27+,28?,29-,30+/m0/s1. The quantitative estimate of drug-likeness (QED) is 0.134. The van der Waals surface area contributed by atoms with Gasteiger partial charge in [0.05, 0.1) is 35.4 Å². The number of aldehydes is 1. The highest BCUT2D eigenvalue weighted by molar-refractivity contribution is 5.85. The molecule has 6 aliphatic rings. The SMILES string of the molecule is COC1C(O)C(C)OC(O[C@H]2CCC3(C=O)C4C(C[C@@H](O)[C@]3(O)C2)[C@@]2(O)CCC(C3=CC(=O)OC3)[C@@]2(C)C[C@H]4O)C1O. The third-order valence-electron chi connectivity index (χ3n) is 12.2. The van der Waals surface area contributed by atoms with Crippen LogP contribution in [0.3, 0.4) is 0 Å². The van der Waals surface area contributed by atoms with Gasteiger partial charge in [0, 0.05) is 30.9 Å². The Morgan fingerprint density at radius 3 is 2.43 bits per heavy atom. The van der Waals surface area contributed by atoms with Crippen LogP contribution in [0.25, 0.3) is 0 Å². The zero-order valence-electron chi connectivity index (χ0n) is 24.3. The number of esters is 1. The number of ether oxygens (including phenoxy) is 4. The highest BCUT2D eigenvalue weighted by Gasteiger charge is 2.75. The van der Waals surface area contributed by atoms with Crippen molar-refractivity contribution in [2.24, 2.45) is 28.6 Å². The Kier molecular flexibility index (Phi) is 7.48. The normalized spacial score (nSPS) is 55.7. The average Bonchev–Trinajstić information content (AvgIpc) is 3.48. The van der Waals surface area contributed by atoms with Crippen LogP contribution in [0.15, 0.2) is 11.6 Å². The van der Waals surface area contributed by atoms with E-state index in [2.05, 4.69) is 0 Å². The summed E-state index contributed by atoms with van der Waals surface area (Å²) in [5.41, 5.74) is -4.93. The highest BCUT2D eigenvalue weighted by Crippen LogP contribution is 2.70. The molecule has 0 aromatic heterocycles. The zero-order valence-corrected chi connectivity index (χ0v) is 24.3. The number of cyclic esters (lactones) is 1. The monoisotopic (exact) mass is 596 g/mol. The van der Waals surface area contributed by atoms with E-state index < -0.39 is 88.9 Å². The molecule has 1 saturated heterocycles. The van der Waals surface area contributed by atoms with Crippen LogP contribution >= 0.6 is 0 Å². The molecule has 15 atom stereocenters. The maximum absolute atomic E-state index is 13.1.